The normalized spacial score (nSPS) is 23.2. The van der Waals surface area contributed by atoms with E-state index < -0.39 is 12.0 Å². The maximum Gasteiger partial charge on any atom is 0.326 e. The average Bonchev–Trinajstić information content (AvgIpc) is 2.37. The zero-order chi connectivity index (χ0) is 14.3. The quantitative estimate of drug-likeness (QED) is 0.714. The summed E-state index contributed by atoms with van der Waals surface area (Å²) in [6, 6.07) is -0.990. The molecular weight excluding hydrogens is 248 g/mol. The van der Waals surface area contributed by atoms with E-state index in [1.165, 1.54) is 4.90 Å². The third-order valence-corrected chi connectivity index (χ3v) is 3.39. The Balaban J connectivity index is 2.42. The van der Waals surface area contributed by atoms with Crippen molar-refractivity contribution >= 4 is 12.0 Å². The van der Waals surface area contributed by atoms with Crippen LogP contribution in [-0.2, 0) is 9.53 Å². The standard InChI is InChI=1S/C13H24N2O4/c1-3-19-9-5-7-14-13(18)15-8-4-6-10(2)11(15)12(16)17/h10-11H,3-9H2,1-2H3,(H,14,18)(H,16,17). The first kappa shape index (κ1) is 15.8. The fourth-order valence-corrected chi connectivity index (χ4v) is 2.41. The lowest BCUT2D eigenvalue weighted by atomic mass is 9.91. The molecule has 2 N–H and O–H groups in total. The van der Waals surface area contributed by atoms with Crippen LogP contribution in [-0.4, -0.2) is 54.4 Å². The van der Waals surface area contributed by atoms with E-state index in [9.17, 15) is 14.7 Å². The van der Waals surface area contributed by atoms with E-state index in [0.29, 0.717) is 26.3 Å². The van der Waals surface area contributed by atoms with Crippen LogP contribution in [0.2, 0.25) is 0 Å². The first-order chi connectivity index (χ1) is 9.07. The van der Waals surface area contributed by atoms with Crippen molar-refractivity contribution < 1.29 is 19.4 Å². The number of carbonyl (C=O) groups is 2. The Kier molecular flexibility index (Phi) is 6.62. The predicted octanol–water partition coefficient (Wildman–Crippen LogP) is 1.31. The Labute approximate surface area is 114 Å². The van der Waals surface area contributed by atoms with Crippen LogP contribution in [0.1, 0.15) is 33.1 Å². The van der Waals surface area contributed by atoms with Crippen LogP contribution < -0.4 is 5.32 Å². The number of rotatable bonds is 6. The Morgan fingerprint density at radius 2 is 2.21 bits per heavy atom. The van der Waals surface area contributed by atoms with Gasteiger partial charge in [0.05, 0.1) is 0 Å². The number of ether oxygens (including phenoxy) is 1. The second-order valence-electron chi connectivity index (χ2n) is 4.88. The molecule has 2 atom stereocenters. The predicted molar refractivity (Wildman–Crippen MR) is 71.0 cm³/mol. The summed E-state index contributed by atoms with van der Waals surface area (Å²) in [6.07, 6.45) is 2.45. The minimum Gasteiger partial charge on any atom is -0.480 e. The summed E-state index contributed by atoms with van der Waals surface area (Å²) in [7, 11) is 0. The number of piperidine rings is 1. The second kappa shape index (κ2) is 7.99. The van der Waals surface area contributed by atoms with Crippen LogP contribution in [0.25, 0.3) is 0 Å². The Morgan fingerprint density at radius 1 is 1.47 bits per heavy atom. The van der Waals surface area contributed by atoms with Crippen molar-refractivity contribution in [3.63, 3.8) is 0 Å². The summed E-state index contributed by atoms with van der Waals surface area (Å²) in [5.41, 5.74) is 0. The lowest BCUT2D eigenvalue weighted by Gasteiger charge is -2.37. The van der Waals surface area contributed by atoms with Crippen molar-refractivity contribution in [3.05, 3.63) is 0 Å². The maximum absolute atomic E-state index is 12.0. The lowest BCUT2D eigenvalue weighted by Crippen LogP contribution is -2.55. The van der Waals surface area contributed by atoms with Gasteiger partial charge in [0.25, 0.3) is 0 Å². The van der Waals surface area contributed by atoms with Crippen molar-refractivity contribution in [3.8, 4) is 0 Å². The number of aliphatic carboxylic acids is 1. The van der Waals surface area contributed by atoms with Gasteiger partial charge in [-0.2, -0.15) is 0 Å². The van der Waals surface area contributed by atoms with Crippen molar-refractivity contribution in [1.29, 1.82) is 0 Å². The Hall–Kier alpha value is -1.30. The number of amides is 2. The third-order valence-electron chi connectivity index (χ3n) is 3.39. The van der Waals surface area contributed by atoms with Gasteiger partial charge in [0, 0.05) is 26.3 Å². The molecule has 1 rings (SSSR count). The maximum atomic E-state index is 12.0. The highest BCUT2D eigenvalue weighted by Crippen LogP contribution is 2.23. The van der Waals surface area contributed by atoms with Crippen LogP contribution in [0.5, 0.6) is 0 Å². The molecule has 2 amide bonds. The average molecular weight is 272 g/mol. The van der Waals surface area contributed by atoms with Gasteiger partial charge in [-0.1, -0.05) is 6.92 Å². The van der Waals surface area contributed by atoms with Crippen molar-refractivity contribution in [2.75, 3.05) is 26.3 Å². The number of hydrogen-bond acceptors (Lipinski definition) is 3. The molecule has 0 spiro atoms. The molecule has 1 aliphatic heterocycles. The van der Waals surface area contributed by atoms with Gasteiger partial charge in [-0.15, -0.1) is 0 Å². The van der Waals surface area contributed by atoms with Gasteiger partial charge < -0.3 is 20.1 Å². The molecule has 0 radical (unpaired) electrons. The highest BCUT2D eigenvalue weighted by atomic mass is 16.5. The molecule has 110 valence electrons. The molecule has 0 aromatic carbocycles. The van der Waals surface area contributed by atoms with Gasteiger partial charge in [0.2, 0.25) is 0 Å². The number of carboxylic acid groups (broad SMARTS) is 1. The molecule has 1 fully saturated rings. The molecule has 2 unspecified atom stereocenters. The van der Waals surface area contributed by atoms with E-state index in [1.807, 2.05) is 13.8 Å². The van der Waals surface area contributed by atoms with E-state index in [-0.39, 0.29) is 11.9 Å². The number of likely N-dealkylation sites (tertiary alicyclic amines) is 1. The van der Waals surface area contributed by atoms with Gasteiger partial charge in [0.1, 0.15) is 6.04 Å². The van der Waals surface area contributed by atoms with Crippen LogP contribution >= 0.6 is 0 Å². The summed E-state index contributed by atoms with van der Waals surface area (Å²) >= 11 is 0. The van der Waals surface area contributed by atoms with E-state index in [0.717, 1.165) is 19.3 Å². The SMILES string of the molecule is CCOCCCNC(=O)N1CCCC(C)C1C(=O)O. The van der Waals surface area contributed by atoms with Gasteiger partial charge in [-0.3, -0.25) is 0 Å². The van der Waals surface area contributed by atoms with Crippen molar-refractivity contribution in [2.24, 2.45) is 5.92 Å². The molecule has 0 bridgehead atoms. The lowest BCUT2D eigenvalue weighted by molar-refractivity contribution is -0.145. The molecular formula is C13H24N2O4. The summed E-state index contributed by atoms with van der Waals surface area (Å²) in [6.45, 7) is 6.10. The Morgan fingerprint density at radius 3 is 2.84 bits per heavy atom. The molecule has 0 saturated carbocycles. The zero-order valence-electron chi connectivity index (χ0n) is 11.7. The first-order valence-corrected chi connectivity index (χ1v) is 6.93. The smallest absolute Gasteiger partial charge is 0.326 e. The molecule has 0 aliphatic carbocycles. The minimum absolute atomic E-state index is 0.000393. The highest BCUT2D eigenvalue weighted by Gasteiger charge is 2.36. The molecule has 0 aromatic heterocycles. The molecule has 19 heavy (non-hydrogen) atoms. The molecule has 0 aromatic rings. The largest absolute Gasteiger partial charge is 0.480 e. The monoisotopic (exact) mass is 272 g/mol. The van der Waals surface area contributed by atoms with E-state index in [4.69, 9.17) is 4.74 Å². The topological polar surface area (TPSA) is 78.9 Å². The fourth-order valence-electron chi connectivity index (χ4n) is 2.41. The number of nitrogens with zero attached hydrogens (tertiary/aromatic N) is 1. The van der Waals surface area contributed by atoms with Gasteiger partial charge >= 0.3 is 12.0 Å². The third kappa shape index (κ3) is 4.70. The molecule has 1 saturated heterocycles. The fraction of sp³-hybridized carbons (Fsp3) is 0.846. The minimum atomic E-state index is -0.920. The zero-order valence-corrected chi connectivity index (χ0v) is 11.7. The Bertz CT molecular complexity index is 309. The van der Waals surface area contributed by atoms with Gasteiger partial charge in [-0.25, -0.2) is 9.59 Å². The van der Waals surface area contributed by atoms with E-state index in [1.54, 1.807) is 0 Å². The number of hydrogen-bond donors (Lipinski definition) is 2. The van der Waals surface area contributed by atoms with Crippen molar-refractivity contribution in [2.45, 2.75) is 39.2 Å². The van der Waals surface area contributed by atoms with Crippen LogP contribution in [0.15, 0.2) is 0 Å². The second-order valence-corrected chi connectivity index (χ2v) is 4.88. The number of nitrogens with one attached hydrogen (secondary N) is 1. The van der Waals surface area contributed by atoms with E-state index >= 15 is 0 Å². The van der Waals surface area contributed by atoms with Crippen LogP contribution in [0.3, 0.4) is 0 Å². The van der Waals surface area contributed by atoms with Gasteiger partial charge in [0.15, 0.2) is 0 Å². The molecule has 6 nitrogen and oxygen atoms in total. The first-order valence-electron chi connectivity index (χ1n) is 6.93. The van der Waals surface area contributed by atoms with Crippen LogP contribution in [0.4, 0.5) is 4.79 Å². The van der Waals surface area contributed by atoms with Crippen molar-refractivity contribution in [1.82, 2.24) is 10.2 Å². The summed E-state index contributed by atoms with van der Waals surface area (Å²) in [5, 5.41) is 12.0. The van der Waals surface area contributed by atoms with E-state index in [2.05, 4.69) is 5.32 Å². The number of carboxylic acids is 1. The highest BCUT2D eigenvalue weighted by molar-refractivity contribution is 5.83. The van der Waals surface area contributed by atoms with Crippen LogP contribution in [0, 0.1) is 5.92 Å². The molecule has 6 heteroatoms. The summed E-state index contributed by atoms with van der Waals surface area (Å²) < 4.78 is 5.18. The number of urea groups is 1. The van der Waals surface area contributed by atoms with Gasteiger partial charge in [-0.05, 0) is 32.1 Å². The summed E-state index contributed by atoms with van der Waals surface area (Å²) in [5.74, 6) is -0.919. The number of carbonyl (C=O) groups excluding carboxylic acids is 1. The molecule has 1 aliphatic rings. The molecule has 1 heterocycles. The summed E-state index contributed by atoms with van der Waals surface area (Å²) in [4.78, 5) is 24.7.